The van der Waals surface area contributed by atoms with Crippen LogP contribution in [0.5, 0.6) is 11.5 Å². The van der Waals surface area contributed by atoms with E-state index in [-0.39, 0.29) is 11.1 Å². The van der Waals surface area contributed by atoms with Gasteiger partial charge in [-0.1, -0.05) is 12.1 Å². The van der Waals surface area contributed by atoms with Gasteiger partial charge in [-0.2, -0.15) is 5.26 Å². The minimum atomic E-state index is -0.706. The summed E-state index contributed by atoms with van der Waals surface area (Å²) in [5, 5.41) is 9.63. The summed E-state index contributed by atoms with van der Waals surface area (Å²) in [6.45, 7) is -0.558. The van der Waals surface area contributed by atoms with Gasteiger partial charge in [0.1, 0.15) is 17.5 Å². The molecular formula is C22H21N3O5. The van der Waals surface area contributed by atoms with Crippen LogP contribution in [0.25, 0.3) is 0 Å². The molecule has 1 heterocycles. The van der Waals surface area contributed by atoms with Crippen molar-refractivity contribution in [2.75, 3.05) is 44.7 Å². The van der Waals surface area contributed by atoms with Gasteiger partial charge < -0.3 is 24.0 Å². The average Bonchev–Trinajstić information content (AvgIpc) is 3.03. The lowest BCUT2D eigenvalue weighted by atomic mass is 10.1. The smallest absolute Gasteiger partial charge is 0.338 e. The van der Waals surface area contributed by atoms with E-state index in [1.165, 1.54) is 26.4 Å². The molecule has 0 amide bonds. The number of Topliss-reactive ketones (excluding diaryl/α,β-unsaturated/α-hetero) is 1. The maximum Gasteiger partial charge on any atom is 0.338 e. The SMILES string of the molecule is COc1ccc(C(=O)OCC(=O)C(C#N)=C2N(C)c3ccccc3N2C)cc1OC. The summed E-state index contributed by atoms with van der Waals surface area (Å²) in [4.78, 5) is 28.6. The molecule has 0 unspecified atom stereocenters. The number of benzene rings is 2. The molecule has 1 aliphatic heterocycles. The summed E-state index contributed by atoms with van der Waals surface area (Å²) < 4.78 is 15.5. The largest absolute Gasteiger partial charge is 0.493 e. The standard InChI is InChI=1S/C22H21N3O5/c1-24-16-7-5-6-8-17(16)25(2)21(24)15(12-23)18(26)13-30-22(27)14-9-10-19(28-3)20(11-14)29-4/h5-11H,13H2,1-4H3. The zero-order valence-electron chi connectivity index (χ0n) is 17.1. The first-order valence-corrected chi connectivity index (χ1v) is 9.06. The molecule has 3 rings (SSSR count). The third-order valence-corrected chi connectivity index (χ3v) is 4.81. The molecule has 30 heavy (non-hydrogen) atoms. The molecule has 8 heteroatoms. The van der Waals surface area contributed by atoms with Gasteiger partial charge in [-0.25, -0.2) is 4.79 Å². The van der Waals surface area contributed by atoms with Crippen LogP contribution in [0.2, 0.25) is 0 Å². The van der Waals surface area contributed by atoms with Crippen molar-refractivity contribution < 1.29 is 23.8 Å². The number of nitrogens with zero attached hydrogens (tertiary/aromatic N) is 3. The van der Waals surface area contributed by atoms with Crippen molar-refractivity contribution in [3.63, 3.8) is 0 Å². The van der Waals surface area contributed by atoms with Crippen molar-refractivity contribution in [2.45, 2.75) is 0 Å². The monoisotopic (exact) mass is 407 g/mol. The summed E-state index contributed by atoms with van der Waals surface area (Å²) in [5.74, 6) is -0.0275. The molecule has 0 saturated heterocycles. The van der Waals surface area contributed by atoms with Crippen molar-refractivity contribution in [1.29, 1.82) is 5.26 Å². The molecule has 0 bridgehead atoms. The summed E-state index contributed by atoms with van der Waals surface area (Å²) in [6, 6.07) is 14.1. The first-order chi connectivity index (χ1) is 14.4. The van der Waals surface area contributed by atoms with E-state index in [0.717, 1.165) is 11.4 Å². The van der Waals surface area contributed by atoms with Crippen LogP contribution in [0.3, 0.4) is 0 Å². The van der Waals surface area contributed by atoms with E-state index >= 15 is 0 Å². The van der Waals surface area contributed by atoms with E-state index in [1.54, 1.807) is 30.0 Å². The van der Waals surface area contributed by atoms with Crippen LogP contribution in [0, 0.1) is 11.3 Å². The summed E-state index contributed by atoms with van der Waals surface area (Å²) >= 11 is 0. The zero-order chi connectivity index (χ0) is 21.8. The second-order valence-corrected chi connectivity index (χ2v) is 6.49. The van der Waals surface area contributed by atoms with E-state index in [9.17, 15) is 14.9 Å². The normalized spacial score (nSPS) is 12.2. The lowest BCUT2D eigenvalue weighted by Gasteiger charge is -2.19. The van der Waals surface area contributed by atoms with Crippen LogP contribution in [0.4, 0.5) is 11.4 Å². The van der Waals surface area contributed by atoms with Gasteiger partial charge in [0.25, 0.3) is 0 Å². The second-order valence-electron chi connectivity index (χ2n) is 6.49. The van der Waals surface area contributed by atoms with Crippen molar-refractivity contribution in [3.05, 3.63) is 59.4 Å². The number of anilines is 2. The van der Waals surface area contributed by atoms with E-state index in [2.05, 4.69) is 0 Å². The number of methoxy groups -OCH3 is 2. The number of hydrogen-bond donors (Lipinski definition) is 0. The number of fused-ring (bicyclic) bond motifs is 1. The minimum absolute atomic E-state index is 0.0867. The van der Waals surface area contributed by atoms with Crippen molar-refractivity contribution >= 4 is 23.1 Å². The molecule has 0 saturated carbocycles. The molecule has 0 aromatic heterocycles. The predicted molar refractivity (Wildman–Crippen MR) is 111 cm³/mol. The Hall–Kier alpha value is -3.99. The number of hydrogen-bond acceptors (Lipinski definition) is 8. The Labute approximate surface area is 174 Å². The van der Waals surface area contributed by atoms with Gasteiger partial charge in [0, 0.05) is 14.1 Å². The van der Waals surface area contributed by atoms with Crippen LogP contribution >= 0.6 is 0 Å². The van der Waals surface area contributed by atoms with Crippen molar-refractivity contribution in [3.8, 4) is 17.6 Å². The van der Waals surface area contributed by atoms with Crippen molar-refractivity contribution in [2.24, 2.45) is 0 Å². The quantitative estimate of drug-likeness (QED) is 0.410. The van der Waals surface area contributed by atoms with Gasteiger partial charge >= 0.3 is 5.97 Å². The molecule has 0 atom stereocenters. The first-order valence-electron chi connectivity index (χ1n) is 9.06. The number of para-hydroxylation sites is 2. The van der Waals surface area contributed by atoms with Crippen molar-refractivity contribution in [1.82, 2.24) is 0 Å². The highest BCUT2D eigenvalue weighted by Crippen LogP contribution is 2.40. The Morgan fingerprint density at radius 1 is 0.967 bits per heavy atom. The average molecular weight is 407 g/mol. The lowest BCUT2D eigenvalue weighted by molar-refractivity contribution is -0.118. The zero-order valence-corrected chi connectivity index (χ0v) is 17.1. The summed E-state index contributed by atoms with van der Waals surface area (Å²) in [7, 11) is 6.49. The van der Waals surface area contributed by atoms with Gasteiger partial charge in [0.05, 0.1) is 31.2 Å². The third kappa shape index (κ3) is 3.65. The number of carbonyl (C=O) groups excluding carboxylic acids is 2. The Kier molecular flexibility index (Phi) is 5.93. The molecule has 0 N–H and O–H groups in total. The molecule has 8 nitrogen and oxygen atoms in total. The molecule has 2 aromatic carbocycles. The lowest BCUT2D eigenvalue weighted by Crippen LogP contribution is -2.27. The first kappa shape index (κ1) is 20.7. The molecule has 0 spiro atoms. The Bertz CT molecular complexity index is 1040. The maximum atomic E-state index is 12.7. The molecule has 154 valence electrons. The Morgan fingerprint density at radius 2 is 1.57 bits per heavy atom. The fraction of sp³-hybridized carbons (Fsp3) is 0.227. The number of nitriles is 1. The maximum absolute atomic E-state index is 12.7. The predicted octanol–water partition coefficient (Wildman–Crippen LogP) is 2.75. The minimum Gasteiger partial charge on any atom is -0.493 e. The van der Waals surface area contributed by atoms with E-state index in [0.29, 0.717) is 17.3 Å². The topological polar surface area (TPSA) is 92.1 Å². The van der Waals surface area contributed by atoms with E-state index < -0.39 is 18.4 Å². The number of ether oxygens (including phenoxy) is 3. The third-order valence-electron chi connectivity index (χ3n) is 4.81. The van der Waals surface area contributed by atoms with Gasteiger partial charge in [-0.15, -0.1) is 0 Å². The number of ketones is 1. The van der Waals surface area contributed by atoms with Gasteiger partial charge in [-0.05, 0) is 30.3 Å². The number of rotatable bonds is 6. The highest BCUT2D eigenvalue weighted by molar-refractivity contribution is 6.04. The second kappa shape index (κ2) is 8.57. The highest BCUT2D eigenvalue weighted by atomic mass is 16.5. The highest BCUT2D eigenvalue weighted by Gasteiger charge is 2.31. The van der Waals surface area contributed by atoms with Gasteiger partial charge in [0.15, 0.2) is 18.1 Å². The van der Waals surface area contributed by atoms with Crippen LogP contribution < -0.4 is 19.3 Å². The number of esters is 1. The molecule has 0 radical (unpaired) electrons. The molecule has 0 fully saturated rings. The molecule has 0 aliphatic carbocycles. The summed E-state index contributed by atoms with van der Waals surface area (Å²) in [6.07, 6.45) is 0. The molecule has 2 aromatic rings. The van der Waals surface area contributed by atoms with Crippen LogP contribution in [-0.4, -0.2) is 46.7 Å². The van der Waals surface area contributed by atoms with Crippen LogP contribution in [-0.2, 0) is 9.53 Å². The van der Waals surface area contributed by atoms with E-state index in [4.69, 9.17) is 14.2 Å². The summed E-state index contributed by atoms with van der Waals surface area (Å²) in [5.41, 5.74) is 1.86. The van der Waals surface area contributed by atoms with Gasteiger partial charge in [0.2, 0.25) is 5.78 Å². The Morgan fingerprint density at radius 3 is 2.10 bits per heavy atom. The fourth-order valence-electron chi connectivity index (χ4n) is 3.31. The van der Waals surface area contributed by atoms with Crippen LogP contribution in [0.1, 0.15) is 10.4 Å². The van der Waals surface area contributed by atoms with Gasteiger partial charge in [-0.3, -0.25) is 4.79 Å². The Balaban J connectivity index is 1.78. The van der Waals surface area contributed by atoms with E-state index in [1.807, 2.05) is 30.3 Å². The number of carbonyl (C=O) groups is 2. The van der Waals surface area contributed by atoms with Crippen LogP contribution in [0.15, 0.2) is 53.9 Å². The molecular weight excluding hydrogens is 386 g/mol. The molecule has 1 aliphatic rings. The fourth-order valence-corrected chi connectivity index (χ4v) is 3.31.